The molecule has 7 nitrogen and oxygen atoms in total. The second-order valence-corrected chi connectivity index (χ2v) is 10.6. The zero-order valence-corrected chi connectivity index (χ0v) is 26.0. The van der Waals surface area contributed by atoms with Gasteiger partial charge in [0.25, 0.3) is 0 Å². The average molecular weight is 569 g/mol. The maximum Gasteiger partial charge on any atom is 0.325 e. The van der Waals surface area contributed by atoms with E-state index in [1.54, 1.807) is 32.4 Å². The number of amides is 1. The van der Waals surface area contributed by atoms with E-state index >= 15 is 0 Å². The number of aliphatic hydroxyl groups is 1. The van der Waals surface area contributed by atoms with E-state index in [0.29, 0.717) is 25.7 Å². The van der Waals surface area contributed by atoms with E-state index in [1.165, 1.54) is 36.1 Å². The predicted octanol–water partition coefficient (Wildman–Crippen LogP) is 7.08. The number of carbonyl (C=O) groups excluding carboxylic acids is 2. The van der Waals surface area contributed by atoms with E-state index in [-0.39, 0.29) is 24.6 Å². The number of nitrogens with one attached hydrogen (secondary N) is 1. The van der Waals surface area contributed by atoms with Crippen LogP contribution in [0.4, 0.5) is 0 Å². The fourth-order valence-electron chi connectivity index (χ4n) is 3.73. The Bertz CT molecular complexity index is 1030. The summed E-state index contributed by atoms with van der Waals surface area (Å²) in [6.07, 6.45) is 21.5. The Balaban J connectivity index is 0.000000704. The highest BCUT2D eigenvalue weighted by molar-refractivity contribution is 5.82. The number of hydrogen-bond donors (Lipinski definition) is 3. The summed E-state index contributed by atoms with van der Waals surface area (Å²) in [5.41, 5.74) is 9.97. The minimum Gasteiger partial charge on any atom is -0.508 e. The molecule has 0 saturated heterocycles. The van der Waals surface area contributed by atoms with Crippen molar-refractivity contribution in [3.05, 3.63) is 95.9 Å². The van der Waals surface area contributed by atoms with Gasteiger partial charge >= 0.3 is 5.97 Å². The molecule has 1 amide bonds. The fraction of sp³-hybridized carbons (Fsp3) is 0.471. The first kappa shape index (κ1) is 37.6. The molecule has 0 spiro atoms. The van der Waals surface area contributed by atoms with Gasteiger partial charge in [0.15, 0.2) is 0 Å². The van der Waals surface area contributed by atoms with Gasteiger partial charge in [-0.25, -0.2) is 0 Å². The van der Waals surface area contributed by atoms with Crippen LogP contribution in [0.3, 0.4) is 0 Å². The molecule has 0 bridgehead atoms. The first-order chi connectivity index (χ1) is 19.4. The van der Waals surface area contributed by atoms with Crippen molar-refractivity contribution in [3.63, 3.8) is 0 Å². The predicted molar refractivity (Wildman–Crippen MR) is 170 cm³/mol. The van der Waals surface area contributed by atoms with Crippen LogP contribution in [0.15, 0.2) is 95.9 Å². The van der Waals surface area contributed by atoms with Crippen molar-refractivity contribution in [2.24, 2.45) is 11.7 Å². The van der Waals surface area contributed by atoms with E-state index in [2.05, 4.69) is 36.7 Å². The van der Waals surface area contributed by atoms with Gasteiger partial charge in [0.2, 0.25) is 5.91 Å². The summed E-state index contributed by atoms with van der Waals surface area (Å²) in [4.78, 5) is 23.0. The molecule has 0 aromatic heterocycles. The van der Waals surface area contributed by atoms with Gasteiger partial charge in [-0.05, 0) is 90.5 Å². The molecule has 1 atom stereocenters. The first-order valence-corrected chi connectivity index (χ1v) is 14.2. The van der Waals surface area contributed by atoms with E-state index in [0.717, 1.165) is 12.0 Å². The number of ether oxygens (including phenoxy) is 2. The van der Waals surface area contributed by atoms with Crippen molar-refractivity contribution in [2.45, 2.75) is 79.2 Å². The van der Waals surface area contributed by atoms with E-state index in [9.17, 15) is 14.7 Å². The molecule has 2 aliphatic rings. The lowest BCUT2D eigenvalue weighted by Gasteiger charge is -2.27. The van der Waals surface area contributed by atoms with Crippen molar-refractivity contribution in [2.75, 3.05) is 19.9 Å². The Morgan fingerprint density at radius 3 is 2.41 bits per heavy atom. The van der Waals surface area contributed by atoms with Crippen molar-refractivity contribution in [3.8, 4) is 0 Å². The number of allylic oxidation sites excluding steroid dienone is 12. The van der Waals surface area contributed by atoms with E-state index < -0.39 is 11.6 Å². The lowest BCUT2D eigenvalue weighted by Crippen LogP contribution is -2.34. The molecule has 0 aromatic carbocycles. The van der Waals surface area contributed by atoms with Gasteiger partial charge in [-0.15, -0.1) is 0 Å². The van der Waals surface area contributed by atoms with Gasteiger partial charge in [0.1, 0.15) is 17.9 Å². The van der Waals surface area contributed by atoms with Crippen LogP contribution in [0.2, 0.25) is 0 Å². The second-order valence-electron chi connectivity index (χ2n) is 10.6. The summed E-state index contributed by atoms with van der Waals surface area (Å²) in [7, 11) is 0. The van der Waals surface area contributed by atoms with Crippen LogP contribution in [0.1, 0.15) is 73.6 Å². The molecular weight excluding hydrogens is 516 g/mol. The van der Waals surface area contributed by atoms with Crippen molar-refractivity contribution in [1.29, 1.82) is 0 Å². The van der Waals surface area contributed by atoms with Crippen molar-refractivity contribution in [1.82, 2.24) is 5.32 Å². The summed E-state index contributed by atoms with van der Waals surface area (Å²) < 4.78 is 10.4. The number of carbonyl (C=O) groups is 2. The maximum atomic E-state index is 11.6. The molecule has 1 unspecified atom stereocenters. The molecule has 0 saturated carbocycles. The zero-order chi connectivity index (χ0) is 31.3. The third kappa shape index (κ3) is 18.5. The highest BCUT2D eigenvalue weighted by Crippen LogP contribution is 2.35. The van der Waals surface area contributed by atoms with Crippen LogP contribution in [-0.4, -0.2) is 42.5 Å². The Morgan fingerprint density at radius 1 is 1.17 bits per heavy atom. The quantitative estimate of drug-likeness (QED) is 0.0808. The standard InChI is InChI=1S/C16H25NO4.C14H19NO.C4H8/c1-6-13(18)9-7-12(2)8-10-14(19)17-11-15(20)21-16(3,4)5;1-2-11-7-12-5-3-4-6-13(12)8-14(11)9-16-10-15;1-3-4-2/h6-7,9,18H,1,8,10-11H2,2-5H3,(H,17,19);2-3,5,7,14H,1,4,6,8-10,15H2;3-4H,1-2H3/b12-7+,13-9+;;4-3-. The van der Waals surface area contributed by atoms with Gasteiger partial charge in [0.05, 0.1) is 13.3 Å². The summed E-state index contributed by atoms with van der Waals surface area (Å²) in [5.74, 6) is -0.164. The average Bonchev–Trinajstić information content (AvgIpc) is 2.95. The Kier molecular flexibility index (Phi) is 19.6. The third-order valence-electron chi connectivity index (χ3n) is 5.95. The van der Waals surface area contributed by atoms with Gasteiger partial charge in [-0.1, -0.05) is 66.8 Å². The van der Waals surface area contributed by atoms with Gasteiger partial charge in [0, 0.05) is 12.3 Å². The minimum atomic E-state index is -0.555. The molecule has 0 radical (unpaired) electrons. The normalized spacial score (nSPS) is 16.9. The van der Waals surface area contributed by atoms with Crippen LogP contribution >= 0.6 is 0 Å². The van der Waals surface area contributed by atoms with Crippen LogP contribution in [0, 0.1) is 5.92 Å². The van der Waals surface area contributed by atoms with Gasteiger partial charge < -0.3 is 25.6 Å². The molecule has 0 aliphatic heterocycles. The maximum absolute atomic E-state index is 11.6. The highest BCUT2D eigenvalue weighted by atomic mass is 16.6. The Hall–Kier alpha value is -3.42. The lowest BCUT2D eigenvalue weighted by molar-refractivity contribution is -0.154. The molecular formula is C34H52N2O5. The van der Waals surface area contributed by atoms with Crippen LogP contribution < -0.4 is 11.1 Å². The molecule has 228 valence electrons. The molecule has 4 N–H and O–H groups in total. The van der Waals surface area contributed by atoms with Crippen molar-refractivity contribution < 1.29 is 24.2 Å². The minimum absolute atomic E-state index is 0.0729. The molecule has 0 heterocycles. The summed E-state index contributed by atoms with van der Waals surface area (Å²) in [5, 5.41) is 11.7. The summed E-state index contributed by atoms with van der Waals surface area (Å²) in [6.45, 7) is 19.3. The zero-order valence-electron chi connectivity index (χ0n) is 26.0. The topological polar surface area (TPSA) is 111 Å². The van der Waals surface area contributed by atoms with Gasteiger partial charge in [-0.2, -0.15) is 0 Å². The molecule has 41 heavy (non-hydrogen) atoms. The monoisotopic (exact) mass is 568 g/mol. The first-order valence-electron chi connectivity index (χ1n) is 14.2. The molecule has 2 aliphatic carbocycles. The number of nitrogens with two attached hydrogens (primary N) is 1. The third-order valence-corrected chi connectivity index (χ3v) is 5.95. The van der Waals surface area contributed by atoms with Gasteiger partial charge in [-0.3, -0.25) is 9.59 Å². The smallest absolute Gasteiger partial charge is 0.325 e. The van der Waals surface area contributed by atoms with Crippen LogP contribution in [-0.2, 0) is 19.1 Å². The van der Waals surface area contributed by atoms with Crippen molar-refractivity contribution >= 4 is 11.9 Å². The van der Waals surface area contributed by atoms with E-state index in [1.807, 2.05) is 39.0 Å². The van der Waals surface area contributed by atoms with Crippen LogP contribution in [0.25, 0.3) is 0 Å². The second kappa shape index (κ2) is 21.3. The largest absolute Gasteiger partial charge is 0.508 e. The number of hydrogen-bond acceptors (Lipinski definition) is 6. The molecule has 0 aromatic rings. The Labute approximate surface area is 247 Å². The number of esters is 1. The van der Waals surface area contributed by atoms with E-state index in [4.69, 9.17) is 15.2 Å². The molecule has 7 heteroatoms. The number of aliphatic hydroxyl groups excluding tert-OH is 1. The fourth-order valence-corrected chi connectivity index (χ4v) is 3.73. The summed E-state index contributed by atoms with van der Waals surface area (Å²) in [6, 6.07) is 0. The lowest BCUT2D eigenvalue weighted by atomic mass is 9.80. The molecule has 0 fully saturated rings. The Morgan fingerprint density at radius 2 is 1.85 bits per heavy atom. The number of rotatable bonds is 11. The molecule has 2 rings (SSSR count). The van der Waals surface area contributed by atoms with Crippen LogP contribution in [0.5, 0.6) is 0 Å². The highest BCUT2D eigenvalue weighted by Gasteiger charge is 2.22. The summed E-state index contributed by atoms with van der Waals surface area (Å²) >= 11 is 0. The SMILES string of the molecule is C/C=C\C.C=C/C(O)=C\C=C(/C)CCC(=O)NCC(=O)OC(C)(C)C.C=CC1=CC2=C(CCC=C2)CC1COCN.